The largest absolute Gasteiger partial charge is 0.352 e. The summed E-state index contributed by atoms with van der Waals surface area (Å²) >= 11 is 0. The average Bonchev–Trinajstić information content (AvgIpc) is 3.47. The van der Waals surface area contributed by atoms with Crippen molar-refractivity contribution < 1.29 is 12.8 Å². The lowest BCUT2D eigenvalue weighted by atomic mass is 10.2. The van der Waals surface area contributed by atoms with Crippen LogP contribution in [-0.4, -0.2) is 27.5 Å². The van der Waals surface area contributed by atoms with Crippen LogP contribution >= 0.6 is 24.0 Å². The van der Waals surface area contributed by atoms with Crippen LogP contribution in [0.2, 0.25) is 0 Å². The second kappa shape index (κ2) is 10.2. The van der Waals surface area contributed by atoms with Crippen molar-refractivity contribution in [2.75, 3.05) is 7.05 Å². The molecule has 2 aromatic carbocycles. The number of hydrogen-bond acceptors (Lipinski definition) is 3. The Morgan fingerprint density at radius 3 is 2.32 bits per heavy atom. The summed E-state index contributed by atoms with van der Waals surface area (Å²) in [5, 5.41) is 6.18. The molecule has 0 aliphatic heterocycles. The van der Waals surface area contributed by atoms with Gasteiger partial charge in [-0.25, -0.2) is 17.5 Å². The molecule has 0 aromatic heterocycles. The molecule has 0 heterocycles. The summed E-state index contributed by atoms with van der Waals surface area (Å²) in [5.74, 6) is 0.266. The van der Waals surface area contributed by atoms with E-state index in [0.29, 0.717) is 24.6 Å². The van der Waals surface area contributed by atoms with E-state index in [-0.39, 0.29) is 40.7 Å². The minimum absolute atomic E-state index is 0. The number of guanidine groups is 1. The molecule has 0 radical (unpaired) electrons. The minimum Gasteiger partial charge on any atom is -0.352 e. The third-order valence-electron chi connectivity index (χ3n) is 4.22. The number of benzene rings is 2. The molecule has 0 spiro atoms. The number of halogens is 2. The van der Waals surface area contributed by atoms with Crippen molar-refractivity contribution in [3.05, 3.63) is 65.5 Å². The molecule has 0 saturated heterocycles. The van der Waals surface area contributed by atoms with Crippen LogP contribution in [0.3, 0.4) is 0 Å². The van der Waals surface area contributed by atoms with Gasteiger partial charge in [-0.1, -0.05) is 30.3 Å². The molecule has 0 bridgehead atoms. The molecule has 1 fully saturated rings. The number of rotatable bonds is 7. The van der Waals surface area contributed by atoms with Crippen molar-refractivity contribution >= 4 is 40.0 Å². The predicted molar refractivity (Wildman–Crippen MR) is 119 cm³/mol. The molecule has 6 nitrogen and oxygen atoms in total. The van der Waals surface area contributed by atoms with Gasteiger partial charge in [0, 0.05) is 31.7 Å². The van der Waals surface area contributed by atoms with Gasteiger partial charge in [-0.2, -0.15) is 0 Å². The third-order valence-corrected chi connectivity index (χ3v) is 5.76. The highest BCUT2D eigenvalue weighted by Gasteiger charge is 2.27. The van der Waals surface area contributed by atoms with E-state index >= 15 is 0 Å². The second-order valence-electron chi connectivity index (χ2n) is 6.41. The maximum atomic E-state index is 13.7. The molecule has 0 atom stereocenters. The Morgan fingerprint density at radius 2 is 1.71 bits per heavy atom. The summed E-state index contributed by atoms with van der Waals surface area (Å²) in [6.45, 7) is 0.781. The summed E-state index contributed by atoms with van der Waals surface area (Å²) in [6, 6.07) is 13.4. The molecule has 1 aliphatic carbocycles. The number of nitrogens with zero attached hydrogens (tertiary/aromatic N) is 1. The molecule has 28 heavy (non-hydrogen) atoms. The normalized spacial score (nSPS) is 14.3. The Kier molecular flexibility index (Phi) is 8.20. The highest BCUT2D eigenvalue weighted by molar-refractivity contribution is 14.0. The molecular formula is C19H24FIN4O2S. The van der Waals surface area contributed by atoms with Crippen molar-refractivity contribution in [2.45, 2.75) is 36.9 Å². The molecule has 1 aliphatic rings. The zero-order chi connectivity index (χ0) is 19.3. The van der Waals surface area contributed by atoms with Crippen LogP contribution in [0.25, 0.3) is 0 Å². The molecule has 0 unspecified atom stereocenters. The van der Waals surface area contributed by atoms with Crippen LogP contribution in [0.1, 0.15) is 24.0 Å². The monoisotopic (exact) mass is 518 g/mol. The number of aliphatic imine (C=N–C) groups is 1. The molecule has 3 N–H and O–H groups in total. The standard InChI is InChI=1S/C19H23FN4O2S.HI/c1-21-19(23-13-15-4-2-3-5-18(15)20)22-12-14-6-10-17(11-7-14)27(25,26)24-16-8-9-16;/h2-7,10-11,16,24H,8-9,12-13H2,1H3,(H2,21,22,23);1H. The topological polar surface area (TPSA) is 82.6 Å². The van der Waals surface area contributed by atoms with Gasteiger partial charge in [-0.3, -0.25) is 4.99 Å². The molecule has 9 heteroatoms. The predicted octanol–water partition coefficient (Wildman–Crippen LogP) is 2.75. The fourth-order valence-electron chi connectivity index (χ4n) is 2.50. The smallest absolute Gasteiger partial charge is 0.240 e. The number of hydrogen-bond donors (Lipinski definition) is 3. The lowest BCUT2D eigenvalue weighted by Crippen LogP contribution is -2.36. The first-order chi connectivity index (χ1) is 13.0. The summed E-state index contributed by atoms with van der Waals surface area (Å²) in [7, 11) is -1.80. The van der Waals surface area contributed by atoms with Gasteiger partial charge in [0.2, 0.25) is 10.0 Å². The van der Waals surface area contributed by atoms with E-state index < -0.39 is 10.0 Å². The first-order valence-electron chi connectivity index (χ1n) is 8.77. The van der Waals surface area contributed by atoms with Crippen LogP contribution < -0.4 is 15.4 Å². The van der Waals surface area contributed by atoms with Crippen molar-refractivity contribution in [3.63, 3.8) is 0 Å². The number of nitrogens with one attached hydrogen (secondary N) is 3. The van der Waals surface area contributed by atoms with Crippen LogP contribution in [0.4, 0.5) is 4.39 Å². The zero-order valence-corrected chi connectivity index (χ0v) is 18.6. The van der Waals surface area contributed by atoms with Crippen LogP contribution in [-0.2, 0) is 23.1 Å². The van der Waals surface area contributed by atoms with E-state index in [4.69, 9.17) is 0 Å². The van der Waals surface area contributed by atoms with Crippen LogP contribution in [0, 0.1) is 5.82 Å². The van der Waals surface area contributed by atoms with E-state index in [1.54, 1.807) is 49.5 Å². The third kappa shape index (κ3) is 6.42. The van der Waals surface area contributed by atoms with Gasteiger partial charge in [-0.05, 0) is 36.6 Å². The van der Waals surface area contributed by atoms with Crippen molar-refractivity contribution in [1.29, 1.82) is 0 Å². The molecule has 1 saturated carbocycles. The van der Waals surface area contributed by atoms with E-state index in [1.165, 1.54) is 6.07 Å². The van der Waals surface area contributed by atoms with Gasteiger partial charge >= 0.3 is 0 Å². The Labute approximate surface area is 182 Å². The first-order valence-corrected chi connectivity index (χ1v) is 10.3. The van der Waals surface area contributed by atoms with E-state index in [9.17, 15) is 12.8 Å². The fraction of sp³-hybridized carbons (Fsp3) is 0.316. The van der Waals surface area contributed by atoms with Gasteiger partial charge in [0.1, 0.15) is 5.82 Å². The minimum atomic E-state index is -3.44. The molecular weight excluding hydrogens is 494 g/mol. The van der Waals surface area contributed by atoms with Gasteiger partial charge in [0.05, 0.1) is 4.90 Å². The highest BCUT2D eigenvalue weighted by atomic mass is 127. The fourth-order valence-corrected chi connectivity index (χ4v) is 3.81. The summed E-state index contributed by atoms with van der Waals surface area (Å²) in [6.07, 6.45) is 1.81. The summed E-state index contributed by atoms with van der Waals surface area (Å²) < 4.78 is 40.7. The maximum Gasteiger partial charge on any atom is 0.240 e. The second-order valence-corrected chi connectivity index (χ2v) is 8.12. The van der Waals surface area contributed by atoms with Crippen molar-refractivity contribution in [2.24, 2.45) is 4.99 Å². The van der Waals surface area contributed by atoms with Crippen LogP contribution in [0.15, 0.2) is 58.4 Å². The van der Waals surface area contributed by atoms with E-state index in [0.717, 1.165) is 18.4 Å². The van der Waals surface area contributed by atoms with Crippen molar-refractivity contribution in [1.82, 2.24) is 15.4 Å². The van der Waals surface area contributed by atoms with E-state index in [2.05, 4.69) is 20.3 Å². The maximum absolute atomic E-state index is 13.7. The van der Waals surface area contributed by atoms with Gasteiger partial charge < -0.3 is 10.6 Å². The molecule has 0 amide bonds. The molecule has 2 aromatic rings. The summed E-state index contributed by atoms with van der Waals surface area (Å²) in [4.78, 5) is 4.37. The summed E-state index contributed by atoms with van der Waals surface area (Å²) in [5.41, 5.74) is 1.47. The van der Waals surface area contributed by atoms with Crippen LogP contribution in [0.5, 0.6) is 0 Å². The van der Waals surface area contributed by atoms with Gasteiger partial charge in [-0.15, -0.1) is 24.0 Å². The Balaban J connectivity index is 0.00000280. The zero-order valence-electron chi connectivity index (χ0n) is 15.5. The quantitative estimate of drug-likeness (QED) is 0.299. The highest BCUT2D eigenvalue weighted by Crippen LogP contribution is 2.22. The lowest BCUT2D eigenvalue weighted by Gasteiger charge is -2.13. The Bertz CT molecular complexity index is 916. The lowest BCUT2D eigenvalue weighted by molar-refractivity contribution is 0.581. The SMILES string of the molecule is CN=C(NCc1ccc(S(=O)(=O)NC2CC2)cc1)NCc1ccccc1F.I. The van der Waals surface area contributed by atoms with Crippen molar-refractivity contribution in [3.8, 4) is 0 Å². The van der Waals surface area contributed by atoms with Gasteiger partial charge in [0.25, 0.3) is 0 Å². The molecule has 152 valence electrons. The Hall–Kier alpha value is -1.72. The first kappa shape index (κ1) is 22.6. The van der Waals surface area contributed by atoms with E-state index in [1.807, 2.05) is 0 Å². The van der Waals surface area contributed by atoms with Gasteiger partial charge in [0.15, 0.2) is 5.96 Å². The Morgan fingerprint density at radius 1 is 1.07 bits per heavy atom. The average molecular weight is 518 g/mol. The molecule has 3 rings (SSSR count). The number of sulfonamides is 1.